The van der Waals surface area contributed by atoms with E-state index in [1.54, 1.807) is 0 Å². The maximum absolute atomic E-state index is 11.8. The van der Waals surface area contributed by atoms with Crippen molar-refractivity contribution in [3.63, 3.8) is 0 Å². The van der Waals surface area contributed by atoms with E-state index in [1.165, 1.54) is 45.5 Å². The second kappa shape index (κ2) is 5.09. The molecule has 0 saturated heterocycles. The van der Waals surface area contributed by atoms with Crippen LogP contribution in [0.1, 0.15) is 0 Å². The van der Waals surface area contributed by atoms with Crippen LogP contribution >= 0.6 is 0 Å². The third-order valence-electron chi connectivity index (χ3n) is 2.09. The number of sulfonamides is 1. The predicted molar refractivity (Wildman–Crippen MR) is 61.6 cm³/mol. The quantitative estimate of drug-likeness (QED) is 0.592. The third-order valence-corrected chi connectivity index (χ3v) is 3.91. The Morgan fingerprint density at radius 2 is 2.00 bits per heavy atom. The number of aliphatic imine (C=N–C) groups is 1. The summed E-state index contributed by atoms with van der Waals surface area (Å²) in [6, 6.07) is 4.09. The molecular formula is C10H12N2O4S. The van der Waals surface area contributed by atoms with Gasteiger partial charge in [0.15, 0.2) is 0 Å². The van der Waals surface area contributed by atoms with Gasteiger partial charge in [0, 0.05) is 14.1 Å². The van der Waals surface area contributed by atoms with Crippen LogP contribution in [0.5, 0.6) is 5.75 Å². The van der Waals surface area contributed by atoms with E-state index in [0.29, 0.717) is 5.75 Å². The highest BCUT2D eigenvalue weighted by molar-refractivity contribution is 7.89. The number of rotatable bonds is 4. The van der Waals surface area contributed by atoms with Crippen LogP contribution < -0.4 is 4.74 Å². The lowest BCUT2D eigenvalue weighted by Crippen LogP contribution is -2.22. The van der Waals surface area contributed by atoms with E-state index in [9.17, 15) is 13.2 Å². The molecule has 7 heteroatoms. The van der Waals surface area contributed by atoms with E-state index in [-0.39, 0.29) is 10.6 Å². The van der Waals surface area contributed by atoms with E-state index in [1.807, 2.05) is 0 Å². The van der Waals surface area contributed by atoms with Gasteiger partial charge in [-0.25, -0.2) is 17.5 Å². The van der Waals surface area contributed by atoms with Crippen molar-refractivity contribution in [1.29, 1.82) is 0 Å². The van der Waals surface area contributed by atoms with Gasteiger partial charge >= 0.3 is 0 Å². The zero-order valence-electron chi connectivity index (χ0n) is 9.67. The van der Waals surface area contributed by atoms with Crippen molar-refractivity contribution in [2.75, 3.05) is 21.2 Å². The number of methoxy groups -OCH3 is 1. The maximum Gasteiger partial charge on any atom is 0.242 e. The maximum atomic E-state index is 11.8. The van der Waals surface area contributed by atoms with Crippen molar-refractivity contribution in [1.82, 2.24) is 4.31 Å². The molecule has 17 heavy (non-hydrogen) atoms. The Hall–Kier alpha value is -1.69. The number of isocyanates is 1. The van der Waals surface area contributed by atoms with Crippen LogP contribution in [-0.4, -0.2) is 40.0 Å². The van der Waals surface area contributed by atoms with E-state index in [0.717, 1.165) is 4.31 Å². The molecule has 0 bridgehead atoms. The standard InChI is InChI=1S/C10H12N2O4S/c1-12(2)17(14,15)8-4-5-10(16-3)9(6-8)11-7-13/h4-6H,1-3H3. The normalized spacial score (nSPS) is 11.1. The molecule has 0 aromatic heterocycles. The lowest BCUT2D eigenvalue weighted by molar-refractivity contribution is 0.415. The van der Waals surface area contributed by atoms with Crippen molar-refractivity contribution >= 4 is 21.8 Å². The number of benzene rings is 1. The van der Waals surface area contributed by atoms with Gasteiger partial charge in [-0.3, -0.25) is 0 Å². The monoisotopic (exact) mass is 256 g/mol. The molecule has 1 rings (SSSR count). The molecule has 1 aromatic rings. The minimum Gasteiger partial charge on any atom is -0.494 e. The summed E-state index contributed by atoms with van der Waals surface area (Å²) in [5.74, 6) is 0.311. The van der Waals surface area contributed by atoms with Gasteiger partial charge in [-0.2, -0.15) is 4.99 Å². The van der Waals surface area contributed by atoms with E-state index in [4.69, 9.17) is 4.74 Å². The van der Waals surface area contributed by atoms with Crippen molar-refractivity contribution in [3.05, 3.63) is 18.2 Å². The van der Waals surface area contributed by atoms with Crippen molar-refractivity contribution in [2.24, 2.45) is 4.99 Å². The lowest BCUT2D eigenvalue weighted by Gasteiger charge is -2.12. The van der Waals surface area contributed by atoms with Crippen LogP contribution in [-0.2, 0) is 14.8 Å². The average Bonchev–Trinajstić information content (AvgIpc) is 2.29. The summed E-state index contributed by atoms with van der Waals surface area (Å²) in [6.45, 7) is 0. The lowest BCUT2D eigenvalue weighted by atomic mass is 10.3. The fourth-order valence-corrected chi connectivity index (χ4v) is 2.10. The van der Waals surface area contributed by atoms with Crippen LogP contribution in [0, 0.1) is 0 Å². The molecule has 0 heterocycles. The number of carbonyl (C=O) groups excluding carboxylic acids is 1. The minimum atomic E-state index is -3.55. The molecule has 0 amide bonds. The van der Waals surface area contributed by atoms with Gasteiger partial charge < -0.3 is 4.74 Å². The number of nitrogens with zero attached hydrogens (tertiary/aromatic N) is 2. The molecular weight excluding hydrogens is 244 g/mol. The van der Waals surface area contributed by atoms with Gasteiger partial charge in [0.1, 0.15) is 11.4 Å². The van der Waals surface area contributed by atoms with Gasteiger partial charge in [-0.15, -0.1) is 0 Å². The summed E-state index contributed by atoms with van der Waals surface area (Å²) in [6.07, 6.45) is 1.35. The zero-order chi connectivity index (χ0) is 13.1. The Bertz CT molecular complexity index is 560. The van der Waals surface area contributed by atoms with Gasteiger partial charge in [0.2, 0.25) is 16.1 Å². The molecule has 0 N–H and O–H groups in total. The van der Waals surface area contributed by atoms with Crippen LogP contribution in [0.25, 0.3) is 0 Å². The number of hydrogen-bond donors (Lipinski definition) is 0. The van der Waals surface area contributed by atoms with Crippen LogP contribution in [0.2, 0.25) is 0 Å². The molecule has 0 unspecified atom stereocenters. The number of ether oxygens (including phenoxy) is 1. The van der Waals surface area contributed by atoms with Crippen LogP contribution in [0.3, 0.4) is 0 Å². The summed E-state index contributed by atoms with van der Waals surface area (Å²) in [4.78, 5) is 13.7. The first-order chi connectivity index (χ1) is 7.93. The Balaban J connectivity index is 3.41. The molecule has 1 aromatic carbocycles. The van der Waals surface area contributed by atoms with Gasteiger partial charge in [0.05, 0.1) is 12.0 Å². The van der Waals surface area contributed by atoms with Gasteiger partial charge in [0.25, 0.3) is 0 Å². The fraction of sp³-hybridized carbons (Fsp3) is 0.300. The molecule has 6 nitrogen and oxygen atoms in total. The van der Waals surface area contributed by atoms with Crippen LogP contribution in [0.15, 0.2) is 28.1 Å². The molecule has 0 aliphatic heterocycles. The summed E-state index contributed by atoms with van der Waals surface area (Å²) < 4.78 is 29.7. The average molecular weight is 256 g/mol. The van der Waals surface area contributed by atoms with E-state index >= 15 is 0 Å². The first kappa shape index (κ1) is 13.4. The first-order valence-electron chi connectivity index (χ1n) is 4.62. The smallest absolute Gasteiger partial charge is 0.242 e. The second-order valence-electron chi connectivity index (χ2n) is 3.32. The molecule has 0 radical (unpaired) electrons. The number of hydrogen-bond acceptors (Lipinski definition) is 5. The highest BCUT2D eigenvalue weighted by atomic mass is 32.2. The fourth-order valence-electron chi connectivity index (χ4n) is 1.18. The zero-order valence-corrected chi connectivity index (χ0v) is 10.5. The van der Waals surface area contributed by atoms with Crippen molar-refractivity contribution in [3.8, 4) is 5.75 Å². The summed E-state index contributed by atoms with van der Waals surface area (Å²) in [5.41, 5.74) is 0.130. The van der Waals surface area contributed by atoms with Crippen molar-refractivity contribution in [2.45, 2.75) is 4.90 Å². The van der Waals surface area contributed by atoms with E-state index < -0.39 is 10.0 Å². The summed E-state index contributed by atoms with van der Waals surface area (Å²) in [7, 11) is 0.685. The largest absolute Gasteiger partial charge is 0.494 e. The first-order valence-corrected chi connectivity index (χ1v) is 6.06. The molecule has 0 fully saturated rings. The summed E-state index contributed by atoms with van der Waals surface area (Å²) in [5, 5.41) is 0. The second-order valence-corrected chi connectivity index (χ2v) is 5.48. The SMILES string of the molecule is COc1ccc(S(=O)(=O)N(C)C)cc1N=C=O. The molecule has 0 atom stereocenters. The minimum absolute atomic E-state index is 0.0392. The third kappa shape index (κ3) is 2.71. The molecule has 0 aliphatic rings. The topological polar surface area (TPSA) is 76.0 Å². The Morgan fingerprint density at radius 1 is 1.35 bits per heavy atom. The Labute approximate surface area is 99.6 Å². The summed E-state index contributed by atoms with van der Waals surface area (Å²) >= 11 is 0. The van der Waals surface area contributed by atoms with Gasteiger partial charge in [-0.05, 0) is 18.2 Å². The molecule has 0 saturated carbocycles. The predicted octanol–water partition coefficient (Wildman–Crippen LogP) is 0.913. The molecule has 0 spiro atoms. The Morgan fingerprint density at radius 3 is 2.47 bits per heavy atom. The highest BCUT2D eigenvalue weighted by Crippen LogP contribution is 2.30. The molecule has 92 valence electrons. The van der Waals surface area contributed by atoms with E-state index in [2.05, 4.69) is 4.99 Å². The van der Waals surface area contributed by atoms with Gasteiger partial charge in [-0.1, -0.05) is 0 Å². The highest BCUT2D eigenvalue weighted by Gasteiger charge is 2.18. The van der Waals surface area contributed by atoms with Crippen molar-refractivity contribution < 1.29 is 17.9 Å². The molecule has 0 aliphatic carbocycles. The Kier molecular flexibility index (Phi) is 4.01. The van der Waals surface area contributed by atoms with Crippen LogP contribution in [0.4, 0.5) is 5.69 Å².